The molecule has 5 aromatic rings. The fourth-order valence-corrected chi connectivity index (χ4v) is 9.95. The molecule has 1 atom stereocenters. The molecule has 20 heteroatoms. The van der Waals surface area contributed by atoms with E-state index in [2.05, 4.69) is 41.5 Å². The van der Waals surface area contributed by atoms with Crippen molar-refractivity contribution in [2.75, 3.05) is 116 Å². The molecule has 1 unspecified atom stereocenters. The van der Waals surface area contributed by atoms with Gasteiger partial charge in [-0.1, -0.05) is 12.1 Å². The first-order chi connectivity index (χ1) is 34.1. The maximum Gasteiger partial charge on any atom is 0.254 e. The average Bonchev–Trinajstić information content (AvgIpc) is 3.90. The molecule has 0 saturated carbocycles. The van der Waals surface area contributed by atoms with E-state index >= 15 is 8.78 Å². The number of carbonyl (C=O) groups excluding carboxylic acids is 2. The van der Waals surface area contributed by atoms with Gasteiger partial charge in [-0.3, -0.25) is 14.5 Å². The number of piperazine rings is 1. The van der Waals surface area contributed by atoms with Crippen molar-refractivity contribution in [1.82, 2.24) is 44.5 Å². The summed E-state index contributed by atoms with van der Waals surface area (Å²) in [5.74, 6) is 0.944. The highest BCUT2D eigenvalue weighted by atomic mass is 32.2. The van der Waals surface area contributed by atoms with Crippen LogP contribution in [0.2, 0.25) is 0 Å². The fourth-order valence-electron chi connectivity index (χ4n) is 9.00. The second-order valence-electron chi connectivity index (χ2n) is 17.7. The Hall–Kier alpha value is -5.19. The molecule has 376 valence electrons. The Balaban J connectivity index is 0.624. The minimum atomic E-state index is -0.677. The quantitative estimate of drug-likeness (QED) is 0.0513. The molecule has 2 N–H and O–H groups in total. The molecular weight excluding hydrogens is 923 g/mol. The molecule has 3 aromatic heterocycles. The molecule has 2 fully saturated rings. The van der Waals surface area contributed by atoms with Crippen molar-refractivity contribution in [3.05, 3.63) is 89.0 Å². The van der Waals surface area contributed by atoms with E-state index in [9.17, 15) is 9.59 Å². The van der Waals surface area contributed by atoms with Gasteiger partial charge in [0.05, 0.1) is 71.2 Å². The van der Waals surface area contributed by atoms with Crippen LogP contribution in [0, 0.1) is 18.6 Å². The number of nitrogens with zero attached hydrogens (tertiary/aromatic N) is 8. The maximum atomic E-state index is 15.1. The van der Waals surface area contributed by atoms with Crippen LogP contribution in [0.15, 0.2) is 59.8 Å². The molecule has 3 aliphatic rings. The number of halogens is 2. The van der Waals surface area contributed by atoms with Crippen molar-refractivity contribution in [2.45, 2.75) is 63.7 Å². The summed E-state index contributed by atoms with van der Waals surface area (Å²) in [5.41, 5.74) is 4.01. The predicted molar refractivity (Wildman–Crippen MR) is 262 cm³/mol. The van der Waals surface area contributed by atoms with Crippen LogP contribution in [0.4, 0.5) is 20.5 Å². The number of rotatable bonds is 25. The van der Waals surface area contributed by atoms with Gasteiger partial charge in [0.1, 0.15) is 29.5 Å². The maximum absolute atomic E-state index is 15.1. The number of nitrogens with one attached hydrogen (secondary N) is 2. The number of ether oxygens (including phenoxy) is 5. The van der Waals surface area contributed by atoms with Crippen LogP contribution in [-0.4, -0.2) is 168 Å². The van der Waals surface area contributed by atoms with Gasteiger partial charge in [0.15, 0.2) is 11.6 Å². The van der Waals surface area contributed by atoms with Crippen LogP contribution in [0.3, 0.4) is 0 Å². The number of imidazole rings is 1. The van der Waals surface area contributed by atoms with Gasteiger partial charge in [-0.2, -0.15) is 0 Å². The van der Waals surface area contributed by atoms with Crippen molar-refractivity contribution < 1.29 is 42.1 Å². The van der Waals surface area contributed by atoms with Crippen molar-refractivity contribution in [2.24, 2.45) is 0 Å². The van der Waals surface area contributed by atoms with E-state index in [0.717, 1.165) is 59.5 Å². The number of carbonyl (C=O) groups is 2. The minimum absolute atomic E-state index is 0.00140. The van der Waals surface area contributed by atoms with E-state index in [0.29, 0.717) is 116 Å². The summed E-state index contributed by atoms with van der Waals surface area (Å²) in [5, 5.41) is 6.45. The molecule has 0 bridgehead atoms. The van der Waals surface area contributed by atoms with E-state index < -0.39 is 11.6 Å². The molecule has 17 nitrogen and oxygen atoms in total. The molecule has 2 amide bonds. The van der Waals surface area contributed by atoms with E-state index in [1.165, 1.54) is 6.07 Å². The highest BCUT2D eigenvalue weighted by Crippen LogP contribution is 2.34. The van der Waals surface area contributed by atoms with Gasteiger partial charge in [0.25, 0.3) is 5.91 Å². The molecule has 6 heterocycles. The zero-order valence-electron chi connectivity index (χ0n) is 40.3. The van der Waals surface area contributed by atoms with Gasteiger partial charge in [0, 0.05) is 85.9 Å². The lowest BCUT2D eigenvalue weighted by atomic mass is 10.1. The van der Waals surface area contributed by atoms with Crippen LogP contribution in [0.25, 0.3) is 22.3 Å². The number of benzene rings is 2. The number of hydrogen-bond donors (Lipinski definition) is 2. The molecule has 0 aliphatic carbocycles. The highest BCUT2D eigenvalue weighted by Gasteiger charge is 2.34. The SMILES string of the molecule is Cc1nc2c(F)cc(-c3nc(Nc4ccc(CN5CCN(C(=O)COCCOCCOCCOCCOCCSc6cccc7c6CN(C6CCCNC6)C7=O)CC5)cn4)ncc3F)cc2n1C(C)C. The summed E-state index contributed by atoms with van der Waals surface area (Å²) >= 11 is 1.74. The highest BCUT2D eigenvalue weighted by molar-refractivity contribution is 7.99. The predicted octanol–water partition coefficient (Wildman–Crippen LogP) is 6.03. The Morgan fingerprint density at radius 1 is 0.871 bits per heavy atom. The number of thioether (sulfide) groups is 1. The topological polar surface area (TPSA) is 171 Å². The van der Waals surface area contributed by atoms with Crippen LogP contribution in [0.5, 0.6) is 0 Å². The third kappa shape index (κ3) is 13.4. The van der Waals surface area contributed by atoms with Gasteiger partial charge >= 0.3 is 0 Å². The van der Waals surface area contributed by atoms with Gasteiger partial charge in [0.2, 0.25) is 11.9 Å². The Bertz CT molecular complexity index is 2520. The fraction of sp³-hybridized carbons (Fsp3) is 0.520. The average molecular weight is 987 g/mol. The van der Waals surface area contributed by atoms with Crippen LogP contribution in [-0.2, 0) is 41.6 Å². The first-order valence-electron chi connectivity index (χ1n) is 24.2. The number of fused-ring (bicyclic) bond motifs is 2. The van der Waals surface area contributed by atoms with Gasteiger partial charge in [-0.25, -0.2) is 28.7 Å². The summed E-state index contributed by atoms with van der Waals surface area (Å²) in [4.78, 5) is 50.5. The van der Waals surface area contributed by atoms with E-state index in [1.807, 2.05) is 53.3 Å². The smallest absolute Gasteiger partial charge is 0.254 e. The molecule has 2 saturated heterocycles. The second-order valence-corrected chi connectivity index (χ2v) is 18.9. The second kappa shape index (κ2) is 25.3. The normalized spacial score (nSPS) is 16.5. The zero-order chi connectivity index (χ0) is 48.8. The largest absolute Gasteiger partial charge is 0.378 e. The molecular formula is C50H64F2N10O7S. The van der Waals surface area contributed by atoms with Crippen molar-refractivity contribution in [1.29, 1.82) is 0 Å². The van der Waals surface area contributed by atoms with Crippen LogP contribution >= 0.6 is 11.8 Å². The van der Waals surface area contributed by atoms with E-state index in [1.54, 1.807) is 30.1 Å². The number of amides is 2. The lowest BCUT2D eigenvalue weighted by molar-refractivity contribution is -0.138. The summed E-state index contributed by atoms with van der Waals surface area (Å²) in [6.45, 7) is 15.7. The number of hydrogen-bond acceptors (Lipinski definition) is 15. The van der Waals surface area contributed by atoms with Gasteiger partial charge in [-0.15, -0.1) is 11.8 Å². The number of anilines is 2. The molecule has 70 heavy (non-hydrogen) atoms. The lowest BCUT2D eigenvalue weighted by Gasteiger charge is -2.34. The van der Waals surface area contributed by atoms with E-state index in [4.69, 9.17) is 23.7 Å². The third-order valence-corrected chi connectivity index (χ3v) is 13.6. The molecule has 3 aliphatic heterocycles. The van der Waals surface area contributed by atoms with Crippen molar-refractivity contribution >= 4 is 46.4 Å². The van der Waals surface area contributed by atoms with Gasteiger partial charge in [-0.05, 0) is 81.6 Å². The summed E-state index contributed by atoms with van der Waals surface area (Å²) in [7, 11) is 0. The first kappa shape index (κ1) is 51.2. The zero-order valence-corrected chi connectivity index (χ0v) is 41.1. The molecule has 0 spiro atoms. The van der Waals surface area contributed by atoms with Gasteiger partial charge < -0.3 is 48.7 Å². The van der Waals surface area contributed by atoms with Crippen LogP contribution < -0.4 is 10.6 Å². The first-order valence-corrected chi connectivity index (χ1v) is 25.2. The number of pyridine rings is 1. The van der Waals surface area contributed by atoms with Crippen molar-refractivity contribution in [3.8, 4) is 11.3 Å². The number of aromatic nitrogens is 5. The van der Waals surface area contributed by atoms with Crippen molar-refractivity contribution in [3.63, 3.8) is 0 Å². The number of piperidine rings is 1. The number of aryl methyl sites for hydroxylation is 1. The molecule has 8 rings (SSSR count). The lowest BCUT2D eigenvalue weighted by Crippen LogP contribution is -2.49. The Kier molecular flexibility index (Phi) is 18.5. The standard InChI is InChI=1S/C50H64F2N10O7S/c1-34(2)62-35(3)56-48-41(51)26-37(27-43(48)62)47-42(52)30-55-50(58-47)57-45-10-9-36(28-54-45)31-59-12-14-60(15-13-59)46(63)33-69-23-22-67-19-18-65-16-17-66-20-21-68-24-25-70-44-8-4-7-39-40(44)32-61(49(39)64)38-6-5-11-53-29-38/h4,7-10,26-28,30,34,38,53H,5-6,11-25,29,31-33H2,1-3H3,(H,54,55,57,58). The summed E-state index contributed by atoms with van der Waals surface area (Å²) in [6.07, 6.45) is 4.97. The minimum Gasteiger partial charge on any atom is -0.378 e. The van der Waals surface area contributed by atoms with Crippen LogP contribution in [0.1, 0.15) is 60.0 Å². The molecule has 0 radical (unpaired) electrons. The Morgan fingerprint density at radius 2 is 1.60 bits per heavy atom. The Morgan fingerprint density at radius 3 is 2.29 bits per heavy atom. The summed E-state index contributed by atoms with van der Waals surface area (Å²) in [6, 6.07) is 13.0. The third-order valence-electron chi connectivity index (χ3n) is 12.5. The Labute approximate surface area is 412 Å². The summed E-state index contributed by atoms with van der Waals surface area (Å²) < 4.78 is 60.2. The van der Waals surface area contributed by atoms with E-state index in [-0.39, 0.29) is 53.2 Å². The molecule has 2 aromatic carbocycles. The monoisotopic (exact) mass is 986 g/mol.